The normalized spacial score (nSPS) is 28.3. The van der Waals surface area contributed by atoms with Crippen LogP contribution in [0.4, 0.5) is 0 Å². The minimum absolute atomic E-state index is 0.555. The molecule has 4 nitrogen and oxygen atoms in total. The summed E-state index contributed by atoms with van der Waals surface area (Å²) in [5.41, 5.74) is 1.11. The second-order valence-electron chi connectivity index (χ2n) is 3.42. The molecule has 0 saturated heterocycles. The lowest BCUT2D eigenvalue weighted by Gasteiger charge is -2.13. The number of fused-ring (bicyclic) bond motifs is 2. The van der Waals surface area contributed by atoms with Crippen LogP contribution < -0.4 is 0 Å². The first-order valence-corrected chi connectivity index (χ1v) is 5.53. The molecule has 5 heteroatoms. The van der Waals surface area contributed by atoms with Gasteiger partial charge in [-0.05, 0) is 30.8 Å². The average Bonchev–Trinajstić information content (AvgIpc) is 2.42. The zero-order chi connectivity index (χ0) is 8.77. The molecule has 0 amide bonds. The van der Waals surface area contributed by atoms with Gasteiger partial charge in [0.1, 0.15) is 5.76 Å². The highest BCUT2D eigenvalue weighted by Crippen LogP contribution is 2.50. The van der Waals surface area contributed by atoms with Crippen LogP contribution in [0.5, 0.6) is 0 Å². The van der Waals surface area contributed by atoms with Crippen LogP contribution in [0.25, 0.3) is 0 Å². The Kier molecular flexibility index (Phi) is 1.79. The predicted molar refractivity (Wildman–Crippen MR) is 42.1 cm³/mol. The van der Waals surface area contributed by atoms with Crippen LogP contribution in [0.15, 0.2) is 11.3 Å². The van der Waals surface area contributed by atoms with E-state index in [1.165, 1.54) is 0 Å². The van der Waals surface area contributed by atoms with E-state index < -0.39 is 7.82 Å². The fraction of sp³-hybridized carbons (Fsp3) is 0.714. The van der Waals surface area contributed by atoms with Gasteiger partial charge in [-0.3, -0.25) is 9.79 Å². The molecule has 2 rings (SSSR count). The maximum absolute atomic E-state index is 10.5. The van der Waals surface area contributed by atoms with Crippen molar-refractivity contribution >= 4 is 7.82 Å². The van der Waals surface area contributed by atoms with Crippen molar-refractivity contribution in [3.05, 3.63) is 11.3 Å². The minimum Gasteiger partial charge on any atom is -0.409 e. The molecule has 2 bridgehead atoms. The van der Waals surface area contributed by atoms with Crippen molar-refractivity contribution in [3.8, 4) is 0 Å². The highest BCUT2D eigenvalue weighted by molar-refractivity contribution is 7.46. The van der Waals surface area contributed by atoms with E-state index in [0.29, 0.717) is 11.7 Å². The summed E-state index contributed by atoms with van der Waals surface area (Å²) in [5, 5.41) is 0. The summed E-state index contributed by atoms with van der Waals surface area (Å²) in [6.07, 6.45) is 3.82. The first-order chi connectivity index (χ1) is 5.54. The van der Waals surface area contributed by atoms with E-state index in [-0.39, 0.29) is 0 Å². The molecular formula is C7H11O4P. The van der Waals surface area contributed by atoms with Crippen molar-refractivity contribution in [2.45, 2.75) is 25.7 Å². The maximum Gasteiger partial charge on any atom is 0.524 e. The van der Waals surface area contributed by atoms with Crippen LogP contribution in [0.1, 0.15) is 25.7 Å². The van der Waals surface area contributed by atoms with E-state index >= 15 is 0 Å². The molecule has 0 aromatic rings. The van der Waals surface area contributed by atoms with Crippen LogP contribution in [0.3, 0.4) is 0 Å². The molecule has 2 aliphatic carbocycles. The highest BCUT2D eigenvalue weighted by atomic mass is 31.2. The summed E-state index contributed by atoms with van der Waals surface area (Å²) in [6.45, 7) is 0. The van der Waals surface area contributed by atoms with Crippen molar-refractivity contribution in [2.75, 3.05) is 0 Å². The van der Waals surface area contributed by atoms with Gasteiger partial charge in [-0.25, -0.2) is 4.57 Å². The van der Waals surface area contributed by atoms with Crippen molar-refractivity contribution in [1.29, 1.82) is 0 Å². The number of hydrogen-bond donors (Lipinski definition) is 2. The van der Waals surface area contributed by atoms with Gasteiger partial charge < -0.3 is 4.52 Å². The largest absolute Gasteiger partial charge is 0.524 e. The third-order valence-corrected chi connectivity index (χ3v) is 2.95. The molecule has 12 heavy (non-hydrogen) atoms. The van der Waals surface area contributed by atoms with Gasteiger partial charge in [0.25, 0.3) is 0 Å². The number of hydrogen-bond acceptors (Lipinski definition) is 2. The first kappa shape index (κ1) is 8.30. The molecule has 0 radical (unpaired) electrons. The fourth-order valence-corrected chi connectivity index (χ4v) is 2.50. The Labute approximate surface area is 70.5 Å². The van der Waals surface area contributed by atoms with Gasteiger partial charge in [-0.2, -0.15) is 0 Å². The summed E-state index contributed by atoms with van der Waals surface area (Å²) < 4.78 is 15.1. The quantitative estimate of drug-likeness (QED) is 0.648. The summed E-state index contributed by atoms with van der Waals surface area (Å²) >= 11 is 0. The van der Waals surface area contributed by atoms with Gasteiger partial charge in [0.2, 0.25) is 0 Å². The van der Waals surface area contributed by atoms with E-state index in [4.69, 9.17) is 9.79 Å². The van der Waals surface area contributed by atoms with Crippen molar-refractivity contribution < 1.29 is 18.9 Å². The summed E-state index contributed by atoms with van der Waals surface area (Å²) in [7, 11) is -4.30. The summed E-state index contributed by atoms with van der Waals surface area (Å²) in [5.74, 6) is 1.14. The van der Waals surface area contributed by atoms with E-state index in [1.54, 1.807) is 0 Å². The zero-order valence-electron chi connectivity index (χ0n) is 6.56. The van der Waals surface area contributed by atoms with Crippen molar-refractivity contribution in [3.63, 3.8) is 0 Å². The highest BCUT2D eigenvalue weighted by Gasteiger charge is 2.34. The molecule has 2 aliphatic rings. The smallest absolute Gasteiger partial charge is 0.409 e. The Morgan fingerprint density at radius 3 is 2.58 bits per heavy atom. The van der Waals surface area contributed by atoms with E-state index in [9.17, 15) is 4.57 Å². The third-order valence-electron chi connectivity index (χ3n) is 2.49. The second kappa shape index (κ2) is 2.59. The fourth-order valence-electron chi connectivity index (χ4n) is 2.01. The molecule has 68 valence electrons. The van der Waals surface area contributed by atoms with Crippen LogP contribution in [0, 0.1) is 5.92 Å². The number of phosphoric acid groups is 1. The molecule has 2 N–H and O–H groups in total. The van der Waals surface area contributed by atoms with Crippen LogP contribution in [-0.4, -0.2) is 9.79 Å². The molecule has 0 aromatic carbocycles. The Balaban J connectivity index is 2.11. The van der Waals surface area contributed by atoms with E-state index in [0.717, 1.165) is 31.3 Å². The molecule has 0 aromatic heterocycles. The van der Waals surface area contributed by atoms with Gasteiger partial charge in [0.05, 0.1) is 0 Å². The predicted octanol–water partition coefficient (Wildman–Crippen LogP) is 1.55. The Morgan fingerprint density at radius 2 is 2.17 bits per heavy atom. The van der Waals surface area contributed by atoms with Gasteiger partial charge in [-0.1, -0.05) is 0 Å². The van der Waals surface area contributed by atoms with Crippen molar-refractivity contribution in [2.24, 2.45) is 5.92 Å². The first-order valence-electron chi connectivity index (χ1n) is 4.00. The monoisotopic (exact) mass is 190 g/mol. The number of phosphoric ester groups is 1. The maximum atomic E-state index is 10.5. The van der Waals surface area contributed by atoms with Gasteiger partial charge >= 0.3 is 7.82 Å². The van der Waals surface area contributed by atoms with Gasteiger partial charge in [0.15, 0.2) is 0 Å². The standard InChI is InChI=1S/C7H11O4P/c8-12(9,10)11-7-4-5-1-2-6(7)3-5/h5H,1-4H2,(H2,8,9,10). The Morgan fingerprint density at radius 1 is 1.42 bits per heavy atom. The van der Waals surface area contributed by atoms with Crippen LogP contribution >= 0.6 is 7.82 Å². The zero-order valence-corrected chi connectivity index (χ0v) is 7.46. The van der Waals surface area contributed by atoms with Gasteiger partial charge in [0, 0.05) is 6.42 Å². The molecule has 0 spiro atoms. The van der Waals surface area contributed by atoms with Crippen LogP contribution in [-0.2, 0) is 9.09 Å². The number of allylic oxidation sites excluding steroid dienone is 2. The molecule has 0 aliphatic heterocycles. The molecular weight excluding hydrogens is 179 g/mol. The van der Waals surface area contributed by atoms with E-state index in [2.05, 4.69) is 4.52 Å². The third kappa shape index (κ3) is 1.56. The topological polar surface area (TPSA) is 66.8 Å². The lowest BCUT2D eigenvalue weighted by atomic mass is 10.1. The average molecular weight is 190 g/mol. The lowest BCUT2D eigenvalue weighted by molar-refractivity contribution is 0.231. The molecule has 1 unspecified atom stereocenters. The summed E-state index contributed by atoms with van der Waals surface area (Å²) in [6, 6.07) is 0. The van der Waals surface area contributed by atoms with Crippen molar-refractivity contribution in [1.82, 2.24) is 0 Å². The molecule has 1 atom stereocenters. The molecule has 0 heterocycles. The Hall–Kier alpha value is -0.310. The van der Waals surface area contributed by atoms with Crippen LogP contribution in [0.2, 0.25) is 0 Å². The molecule has 1 fully saturated rings. The number of rotatable bonds is 2. The van der Waals surface area contributed by atoms with Gasteiger partial charge in [-0.15, -0.1) is 0 Å². The lowest BCUT2D eigenvalue weighted by Crippen LogP contribution is -1.97. The second-order valence-corrected chi connectivity index (χ2v) is 4.59. The van der Waals surface area contributed by atoms with E-state index in [1.807, 2.05) is 0 Å². The summed E-state index contributed by atoms with van der Waals surface area (Å²) in [4.78, 5) is 17.1. The minimum atomic E-state index is -4.30. The SMILES string of the molecule is O=P(O)(O)OC1=C2CCC(C2)C1. The molecule has 1 saturated carbocycles. The Bertz CT molecular complexity index is 277.